The molecule has 1 rings (SSSR count). The maximum absolute atomic E-state index is 10.6. The van der Waals surface area contributed by atoms with Crippen LogP contribution < -0.4 is 5.73 Å². The summed E-state index contributed by atoms with van der Waals surface area (Å²) >= 11 is 13.2. The number of rotatable bonds is 4. The fourth-order valence-electron chi connectivity index (χ4n) is 1.07. The lowest BCUT2D eigenvalue weighted by Crippen LogP contribution is -2.13. The van der Waals surface area contributed by atoms with Crippen LogP contribution in [0.4, 0.5) is 0 Å². The van der Waals surface area contributed by atoms with E-state index in [1.807, 2.05) is 19.1 Å². The largest absolute Gasteiger partial charge is 0.369 e. The van der Waals surface area contributed by atoms with E-state index in [9.17, 15) is 4.79 Å². The molecule has 0 aromatic heterocycles. The normalized spacial score (nSPS) is 12.5. The van der Waals surface area contributed by atoms with Crippen molar-refractivity contribution in [2.24, 2.45) is 5.73 Å². The molecule has 1 aromatic carbocycles. The Morgan fingerprint density at radius 3 is 2.67 bits per heavy atom. The minimum absolute atomic E-state index is 0.173. The van der Waals surface area contributed by atoms with E-state index in [1.165, 1.54) is 11.8 Å². The molecule has 15 heavy (non-hydrogen) atoms. The highest BCUT2D eigenvalue weighted by Gasteiger charge is 2.09. The van der Waals surface area contributed by atoms with Crippen LogP contribution in [0.3, 0.4) is 0 Å². The van der Waals surface area contributed by atoms with Gasteiger partial charge < -0.3 is 5.73 Å². The van der Waals surface area contributed by atoms with Gasteiger partial charge in [0.25, 0.3) is 0 Å². The standard InChI is InChI=1S/C10H11Cl2NOS/c1-6(15-5-10(13)14)7-2-3-8(11)9(12)4-7/h2-4,6H,5H2,1H3,(H2,13,14). The number of hydrogen-bond donors (Lipinski definition) is 1. The molecule has 0 fully saturated rings. The summed E-state index contributed by atoms with van der Waals surface area (Å²) in [5, 5.41) is 1.24. The number of nitrogens with two attached hydrogens (primary N) is 1. The van der Waals surface area contributed by atoms with Crippen molar-refractivity contribution in [3.63, 3.8) is 0 Å². The summed E-state index contributed by atoms with van der Waals surface area (Å²) in [6, 6.07) is 5.45. The van der Waals surface area contributed by atoms with Crippen LogP contribution in [0, 0.1) is 0 Å². The zero-order chi connectivity index (χ0) is 11.4. The van der Waals surface area contributed by atoms with Crippen molar-refractivity contribution >= 4 is 40.9 Å². The third kappa shape index (κ3) is 3.93. The van der Waals surface area contributed by atoms with Crippen molar-refractivity contribution in [2.45, 2.75) is 12.2 Å². The molecule has 0 spiro atoms. The second-order valence-corrected chi connectivity index (χ2v) is 5.24. The second-order valence-electron chi connectivity index (χ2n) is 3.09. The maximum atomic E-state index is 10.6. The average molecular weight is 264 g/mol. The zero-order valence-electron chi connectivity index (χ0n) is 8.17. The van der Waals surface area contributed by atoms with Crippen LogP contribution in [-0.2, 0) is 4.79 Å². The first-order valence-corrected chi connectivity index (χ1v) is 6.16. The minimum Gasteiger partial charge on any atom is -0.369 e. The fourth-order valence-corrected chi connectivity index (χ4v) is 2.13. The first-order valence-electron chi connectivity index (χ1n) is 4.35. The summed E-state index contributed by atoms with van der Waals surface area (Å²) in [6.07, 6.45) is 0. The molecule has 0 aliphatic carbocycles. The lowest BCUT2D eigenvalue weighted by Gasteiger charge is -2.11. The van der Waals surface area contributed by atoms with Crippen molar-refractivity contribution in [1.82, 2.24) is 0 Å². The van der Waals surface area contributed by atoms with Gasteiger partial charge in [-0.1, -0.05) is 29.3 Å². The van der Waals surface area contributed by atoms with Crippen molar-refractivity contribution in [2.75, 3.05) is 5.75 Å². The van der Waals surface area contributed by atoms with Crippen LogP contribution in [0.5, 0.6) is 0 Å². The van der Waals surface area contributed by atoms with E-state index in [4.69, 9.17) is 28.9 Å². The predicted molar refractivity (Wildman–Crippen MR) is 66.5 cm³/mol. The number of amides is 1. The van der Waals surface area contributed by atoms with E-state index >= 15 is 0 Å². The molecule has 0 aliphatic heterocycles. The van der Waals surface area contributed by atoms with Gasteiger partial charge in [0.05, 0.1) is 15.8 Å². The number of benzene rings is 1. The SMILES string of the molecule is CC(SCC(N)=O)c1ccc(Cl)c(Cl)c1. The Morgan fingerprint density at radius 2 is 2.13 bits per heavy atom. The van der Waals surface area contributed by atoms with E-state index in [2.05, 4.69) is 0 Å². The smallest absolute Gasteiger partial charge is 0.227 e. The van der Waals surface area contributed by atoms with E-state index in [-0.39, 0.29) is 11.2 Å². The van der Waals surface area contributed by atoms with Crippen molar-refractivity contribution in [3.8, 4) is 0 Å². The highest BCUT2D eigenvalue weighted by Crippen LogP contribution is 2.32. The van der Waals surface area contributed by atoms with Crippen molar-refractivity contribution < 1.29 is 4.79 Å². The van der Waals surface area contributed by atoms with Crippen LogP contribution in [0.1, 0.15) is 17.7 Å². The summed E-state index contributed by atoms with van der Waals surface area (Å²) in [5.41, 5.74) is 6.10. The topological polar surface area (TPSA) is 43.1 Å². The second kappa shape index (κ2) is 5.64. The predicted octanol–water partition coefficient (Wildman–Crippen LogP) is 3.27. The van der Waals surface area contributed by atoms with Gasteiger partial charge in [-0.05, 0) is 24.6 Å². The molecule has 0 heterocycles. The van der Waals surface area contributed by atoms with E-state index in [0.29, 0.717) is 15.8 Å². The molecule has 1 amide bonds. The van der Waals surface area contributed by atoms with Gasteiger partial charge in [0.1, 0.15) is 0 Å². The lowest BCUT2D eigenvalue weighted by atomic mass is 10.2. The van der Waals surface area contributed by atoms with Gasteiger partial charge >= 0.3 is 0 Å². The van der Waals surface area contributed by atoms with Gasteiger partial charge in [0.15, 0.2) is 0 Å². The number of carbonyl (C=O) groups excluding carboxylic acids is 1. The van der Waals surface area contributed by atoms with Crippen LogP contribution in [0.2, 0.25) is 10.0 Å². The van der Waals surface area contributed by atoms with Gasteiger partial charge in [-0.3, -0.25) is 4.79 Å². The van der Waals surface area contributed by atoms with Crippen LogP contribution in [0.25, 0.3) is 0 Å². The zero-order valence-corrected chi connectivity index (χ0v) is 10.5. The lowest BCUT2D eigenvalue weighted by molar-refractivity contribution is -0.115. The molecule has 0 saturated carbocycles. The van der Waals surface area contributed by atoms with E-state index in [1.54, 1.807) is 6.07 Å². The summed E-state index contributed by atoms with van der Waals surface area (Å²) in [7, 11) is 0. The molecule has 0 aliphatic rings. The minimum atomic E-state index is -0.313. The van der Waals surface area contributed by atoms with Gasteiger partial charge in [-0.2, -0.15) is 0 Å². The Balaban J connectivity index is 2.69. The monoisotopic (exact) mass is 263 g/mol. The van der Waals surface area contributed by atoms with E-state index < -0.39 is 0 Å². The molecular formula is C10H11Cl2NOS. The first-order chi connectivity index (χ1) is 7.00. The maximum Gasteiger partial charge on any atom is 0.227 e. The summed E-state index contributed by atoms with van der Waals surface area (Å²) in [6.45, 7) is 1.99. The number of hydrogen-bond acceptors (Lipinski definition) is 2. The Hall–Kier alpha value is -0.380. The third-order valence-electron chi connectivity index (χ3n) is 1.89. The van der Waals surface area contributed by atoms with Crippen LogP contribution >= 0.6 is 35.0 Å². The fraction of sp³-hybridized carbons (Fsp3) is 0.300. The Morgan fingerprint density at radius 1 is 1.47 bits per heavy atom. The molecule has 1 atom stereocenters. The molecule has 2 N–H and O–H groups in total. The Kier molecular flexibility index (Phi) is 4.77. The molecule has 2 nitrogen and oxygen atoms in total. The summed E-state index contributed by atoms with van der Waals surface area (Å²) in [4.78, 5) is 10.6. The van der Waals surface area contributed by atoms with Gasteiger partial charge in [0.2, 0.25) is 5.91 Å². The number of thioether (sulfide) groups is 1. The number of primary amides is 1. The summed E-state index contributed by atoms with van der Waals surface area (Å²) < 4.78 is 0. The van der Waals surface area contributed by atoms with E-state index in [0.717, 1.165) is 5.56 Å². The molecule has 1 aromatic rings. The van der Waals surface area contributed by atoms with Gasteiger partial charge in [-0.15, -0.1) is 11.8 Å². The Labute approximate surface area is 103 Å². The molecule has 1 unspecified atom stereocenters. The molecule has 5 heteroatoms. The van der Waals surface area contributed by atoms with Crippen LogP contribution in [0.15, 0.2) is 18.2 Å². The molecule has 0 radical (unpaired) electrons. The average Bonchev–Trinajstić information content (AvgIpc) is 2.18. The number of halogens is 2. The quantitative estimate of drug-likeness (QED) is 0.906. The molecule has 82 valence electrons. The highest BCUT2D eigenvalue weighted by molar-refractivity contribution is 8.00. The van der Waals surface area contributed by atoms with Crippen LogP contribution in [-0.4, -0.2) is 11.7 Å². The Bertz CT molecular complexity index is 370. The van der Waals surface area contributed by atoms with Gasteiger partial charge in [-0.25, -0.2) is 0 Å². The molecular weight excluding hydrogens is 253 g/mol. The first kappa shape index (κ1) is 12.7. The summed E-state index contributed by atoms with van der Waals surface area (Å²) in [5.74, 6) is -0.00609. The van der Waals surface area contributed by atoms with Crippen molar-refractivity contribution in [1.29, 1.82) is 0 Å². The molecule has 0 bridgehead atoms. The number of carbonyl (C=O) groups is 1. The van der Waals surface area contributed by atoms with Gasteiger partial charge in [0, 0.05) is 5.25 Å². The molecule has 0 saturated heterocycles. The van der Waals surface area contributed by atoms with Crippen molar-refractivity contribution in [3.05, 3.63) is 33.8 Å². The third-order valence-corrected chi connectivity index (χ3v) is 3.85. The highest BCUT2D eigenvalue weighted by atomic mass is 35.5.